The number of carbonyl (C=O) groups is 1. The van der Waals surface area contributed by atoms with E-state index in [0.717, 1.165) is 16.8 Å². The minimum Gasteiger partial charge on any atom is -0.496 e. The standard InChI is InChI=1S/C28H22FNO4/c1-5-17-10-12-19(13-11-17)30-15-18-8-6-7-9-21(18)34-28-25(30)16(2)23-22(32-3)14-20(29)27(33-4)24(23)26(28)31/h1,6-14,20,27H,2,15H2,3-4H3. The van der Waals surface area contributed by atoms with Crippen molar-refractivity contribution in [1.29, 1.82) is 0 Å². The van der Waals surface area contributed by atoms with Crippen LogP contribution in [0.1, 0.15) is 11.1 Å². The molecule has 2 aliphatic carbocycles. The molecule has 2 unspecified atom stereocenters. The number of ketones is 1. The van der Waals surface area contributed by atoms with Crippen molar-refractivity contribution in [3.05, 3.63) is 106 Å². The number of alkyl halides is 1. The number of hydrogen-bond donors (Lipinski definition) is 0. The zero-order chi connectivity index (χ0) is 24.0. The Bertz CT molecular complexity index is 1340. The zero-order valence-corrected chi connectivity index (χ0v) is 18.8. The first-order valence-corrected chi connectivity index (χ1v) is 10.7. The molecule has 2 atom stereocenters. The SMILES string of the molecule is C#Cc1ccc(N2Cc3ccccc3OC3=C2C(=C)C2=C(C3=O)C(OC)C(F)C=C2OC)cc1. The Hall–Kier alpha value is -4.08. The van der Waals surface area contributed by atoms with Gasteiger partial charge in [0.05, 0.1) is 19.4 Å². The maximum Gasteiger partial charge on any atom is 0.229 e. The Morgan fingerprint density at radius 2 is 1.91 bits per heavy atom. The number of fused-ring (bicyclic) bond motifs is 1. The van der Waals surface area contributed by atoms with E-state index in [1.807, 2.05) is 47.4 Å². The van der Waals surface area contributed by atoms with Gasteiger partial charge >= 0.3 is 0 Å². The number of para-hydroxylation sites is 1. The minimum atomic E-state index is -1.55. The summed E-state index contributed by atoms with van der Waals surface area (Å²) in [7, 11) is 2.81. The van der Waals surface area contributed by atoms with E-state index in [9.17, 15) is 9.18 Å². The van der Waals surface area contributed by atoms with Gasteiger partial charge in [0.25, 0.3) is 0 Å². The highest BCUT2D eigenvalue weighted by Gasteiger charge is 2.46. The number of hydrogen-bond acceptors (Lipinski definition) is 5. The summed E-state index contributed by atoms with van der Waals surface area (Å²) in [5.41, 5.74) is 3.96. The molecule has 2 aromatic rings. The first-order chi connectivity index (χ1) is 16.5. The first kappa shape index (κ1) is 21.7. The Morgan fingerprint density at radius 1 is 1.18 bits per heavy atom. The molecule has 1 aliphatic heterocycles. The van der Waals surface area contributed by atoms with E-state index in [1.165, 1.54) is 20.3 Å². The third-order valence-electron chi connectivity index (χ3n) is 6.26. The van der Waals surface area contributed by atoms with Crippen molar-refractivity contribution in [2.45, 2.75) is 18.8 Å². The summed E-state index contributed by atoms with van der Waals surface area (Å²) in [5.74, 6) is 3.01. The molecule has 170 valence electrons. The monoisotopic (exact) mass is 455 g/mol. The third kappa shape index (κ3) is 3.25. The molecule has 3 aliphatic rings. The largest absolute Gasteiger partial charge is 0.496 e. The van der Waals surface area contributed by atoms with Gasteiger partial charge in [0.2, 0.25) is 5.78 Å². The smallest absolute Gasteiger partial charge is 0.229 e. The number of methoxy groups -OCH3 is 2. The van der Waals surface area contributed by atoms with Crippen molar-refractivity contribution in [2.75, 3.05) is 19.1 Å². The zero-order valence-electron chi connectivity index (χ0n) is 18.8. The second-order valence-electron chi connectivity index (χ2n) is 8.10. The average Bonchev–Trinajstić information content (AvgIpc) is 3.04. The van der Waals surface area contributed by atoms with Gasteiger partial charge in [-0.15, -0.1) is 6.42 Å². The lowest BCUT2D eigenvalue weighted by Gasteiger charge is -2.36. The molecule has 0 fully saturated rings. The maximum absolute atomic E-state index is 14.9. The van der Waals surface area contributed by atoms with Gasteiger partial charge in [-0.3, -0.25) is 4.79 Å². The number of carbonyl (C=O) groups excluding carboxylic acids is 1. The maximum atomic E-state index is 14.9. The number of Topliss-reactive ketones (excluding diaryl/α,β-unsaturated/α-hetero) is 1. The van der Waals surface area contributed by atoms with Crippen molar-refractivity contribution in [1.82, 2.24) is 0 Å². The van der Waals surface area contributed by atoms with E-state index in [2.05, 4.69) is 12.5 Å². The summed E-state index contributed by atoms with van der Waals surface area (Å²) in [5, 5.41) is 0. The Kier molecular flexibility index (Phi) is 5.35. The molecule has 5 nitrogen and oxygen atoms in total. The molecule has 2 aromatic carbocycles. The summed E-state index contributed by atoms with van der Waals surface area (Å²) < 4.78 is 32.0. The summed E-state index contributed by atoms with van der Waals surface area (Å²) in [6.45, 7) is 4.72. The second-order valence-corrected chi connectivity index (χ2v) is 8.10. The van der Waals surface area contributed by atoms with Crippen LogP contribution in [0.2, 0.25) is 0 Å². The molecule has 0 N–H and O–H groups in total. The summed E-state index contributed by atoms with van der Waals surface area (Å²) >= 11 is 0. The molecule has 1 heterocycles. The van der Waals surface area contributed by atoms with Crippen LogP contribution < -0.4 is 9.64 Å². The van der Waals surface area contributed by atoms with Crippen LogP contribution in [-0.4, -0.2) is 32.3 Å². The molecule has 0 aromatic heterocycles. The van der Waals surface area contributed by atoms with Crippen LogP contribution in [0.5, 0.6) is 5.75 Å². The highest BCUT2D eigenvalue weighted by molar-refractivity contribution is 6.13. The van der Waals surface area contributed by atoms with Crippen LogP contribution in [0, 0.1) is 12.3 Å². The highest BCUT2D eigenvalue weighted by atomic mass is 19.1. The number of anilines is 1. The van der Waals surface area contributed by atoms with Crippen LogP contribution in [-0.2, 0) is 20.8 Å². The van der Waals surface area contributed by atoms with Crippen LogP contribution in [0.3, 0.4) is 0 Å². The van der Waals surface area contributed by atoms with Gasteiger partial charge in [-0.25, -0.2) is 4.39 Å². The quantitative estimate of drug-likeness (QED) is 0.633. The topological polar surface area (TPSA) is 48.0 Å². The number of halogens is 1. The Balaban J connectivity index is 1.73. The molecule has 0 spiro atoms. The van der Waals surface area contributed by atoms with Crippen LogP contribution >= 0.6 is 0 Å². The van der Waals surface area contributed by atoms with Gasteiger partial charge in [-0.1, -0.05) is 30.7 Å². The van der Waals surface area contributed by atoms with E-state index in [-0.39, 0.29) is 17.1 Å². The fraction of sp³-hybridized carbons (Fsp3) is 0.179. The van der Waals surface area contributed by atoms with E-state index in [0.29, 0.717) is 29.1 Å². The van der Waals surface area contributed by atoms with E-state index in [4.69, 9.17) is 20.6 Å². The van der Waals surface area contributed by atoms with Crippen molar-refractivity contribution in [3.8, 4) is 18.1 Å². The lowest BCUT2D eigenvalue weighted by atomic mass is 9.79. The molecule has 6 heteroatoms. The number of terminal acetylenes is 1. The molecule has 0 saturated heterocycles. The van der Waals surface area contributed by atoms with Gasteiger partial charge in [0, 0.05) is 40.6 Å². The van der Waals surface area contributed by atoms with Crippen LogP contribution in [0.25, 0.3) is 0 Å². The lowest BCUT2D eigenvalue weighted by Crippen LogP contribution is -2.40. The summed E-state index contributed by atoms with van der Waals surface area (Å²) in [6, 6.07) is 14.9. The molecule has 0 bridgehead atoms. The fourth-order valence-electron chi connectivity index (χ4n) is 4.64. The van der Waals surface area contributed by atoms with Gasteiger partial charge < -0.3 is 19.1 Å². The van der Waals surface area contributed by atoms with E-state index in [1.54, 1.807) is 6.07 Å². The van der Waals surface area contributed by atoms with Crippen LogP contribution in [0.4, 0.5) is 10.1 Å². The number of ether oxygens (including phenoxy) is 3. The summed E-state index contributed by atoms with van der Waals surface area (Å²) in [4.78, 5) is 15.9. The average molecular weight is 455 g/mol. The fourth-order valence-corrected chi connectivity index (χ4v) is 4.64. The van der Waals surface area contributed by atoms with Crippen LogP contribution in [0.15, 0.2) is 95.1 Å². The molecule has 0 saturated carbocycles. The number of nitrogens with zero attached hydrogens (tertiary/aromatic N) is 1. The van der Waals surface area contributed by atoms with Crippen molar-refractivity contribution < 1.29 is 23.4 Å². The Morgan fingerprint density at radius 3 is 2.59 bits per heavy atom. The minimum absolute atomic E-state index is 0.0707. The van der Waals surface area contributed by atoms with Gasteiger partial charge in [-0.05, 0) is 36.4 Å². The van der Waals surface area contributed by atoms with Gasteiger partial charge in [0.1, 0.15) is 17.6 Å². The van der Waals surface area contributed by atoms with E-state index < -0.39 is 18.1 Å². The highest BCUT2D eigenvalue weighted by Crippen LogP contribution is 2.46. The predicted octanol–water partition coefficient (Wildman–Crippen LogP) is 4.61. The number of allylic oxidation sites excluding steroid dienone is 3. The predicted molar refractivity (Wildman–Crippen MR) is 127 cm³/mol. The molecule has 34 heavy (non-hydrogen) atoms. The van der Waals surface area contributed by atoms with Gasteiger partial charge in [-0.2, -0.15) is 0 Å². The van der Waals surface area contributed by atoms with Crippen molar-refractivity contribution >= 4 is 11.5 Å². The third-order valence-corrected chi connectivity index (χ3v) is 6.26. The lowest BCUT2D eigenvalue weighted by molar-refractivity contribution is -0.116. The number of benzene rings is 2. The second kappa shape index (κ2) is 8.36. The molecular weight excluding hydrogens is 433 g/mol. The summed E-state index contributed by atoms with van der Waals surface area (Å²) in [6.07, 6.45) is 4.20. The van der Waals surface area contributed by atoms with Crippen molar-refractivity contribution in [3.63, 3.8) is 0 Å². The first-order valence-electron chi connectivity index (χ1n) is 10.7. The molecular formula is C28H22FNO4. The van der Waals surface area contributed by atoms with E-state index >= 15 is 0 Å². The molecule has 5 rings (SSSR count). The van der Waals surface area contributed by atoms with Crippen molar-refractivity contribution in [2.24, 2.45) is 0 Å². The Labute approximate surface area is 197 Å². The van der Waals surface area contributed by atoms with Gasteiger partial charge in [0.15, 0.2) is 11.9 Å². The molecule has 0 radical (unpaired) electrons. The molecule has 0 amide bonds. The number of rotatable bonds is 3. The normalized spacial score (nSPS) is 21.6.